The van der Waals surface area contributed by atoms with Crippen LogP contribution in [0.3, 0.4) is 0 Å². The Labute approximate surface area is 208 Å². The van der Waals surface area contributed by atoms with Crippen LogP contribution in [0.5, 0.6) is 0 Å². The molecule has 0 aromatic carbocycles. The predicted molar refractivity (Wildman–Crippen MR) is 120 cm³/mol. The molecule has 212 valence electrons. The van der Waals surface area contributed by atoms with Crippen molar-refractivity contribution in [2.24, 2.45) is 0 Å². The largest absolute Gasteiger partial charge is 0.478 e. The van der Waals surface area contributed by atoms with Crippen molar-refractivity contribution >= 4 is 0 Å². The van der Waals surface area contributed by atoms with Crippen LogP contribution < -0.4 is 0 Å². The summed E-state index contributed by atoms with van der Waals surface area (Å²) in [6.45, 7) is 4.52. The quantitative estimate of drug-likeness (QED) is 0.0644. The monoisotopic (exact) mass is 531 g/mol. The maximum atomic E-state index is 10.6. The molecule has 1 heterocycles. The minimum atomic E-state index is -2.33. The van der Waals surface area contributed by atoms with Gasteiger partial charge in [-0.05, 0) is 12.8 Å². The summed E-state index contributed by atoms with van der Waals surface area (Å²) in [5.41, 5.74) is -3.49. The molecule has 0 spiro atoms. The lowest BCUT2D eigenvalue weighted by atomic mass is 10.1. The molecular weight excluding hydrogens is 494 g/mol. The first-order valence-corrected chi connectivity index (χ1v) is 11.1. The first kappa shape index (κ1) is 33.9. The van der Waals surface area contributed by atoms with Gasteiger partial charge in [0.1, 0.15) is 42.2 Å². The first-order chi connectivity index (χ1) is 16.9. The number of nitrogens with zero attached hydrogens (tertiary/aromatic N) is 3. The van der Waals surface area contributed by atoms with Crippen molar-refractivity contribution < 1.29 is 53.4 Å². The standard InChI is InChI=1S/C12H25NO7.C7H12N2O7/c1-12(2,13(16)17)9-20-10-19-8-11(15)7-18-6-4-3-5-14;1-7(8(10)11,9(12)13)4-15-5-14-2-6-3-16-6/h11,14-15H,3-10H2,1-2H3;6H,2-5H2,1H3. The number of ether oxygens (including phenoxy) is 6. The van der Waals surface area contributed by atoms with E-state index < -0.39 is 38.7 Å². The molecule has 0 amide bonds. The minimum Gasteiger partial charge on any atom is -0.396 e. The van der Waals surface area contributed by atoms with E-state index in [0.717, 1.165) is 13.3 Å². The third-order valence-corrected chi connectivity index (χ3v) is 4.47. The Morgan fingerprint density at radius 1 is 0.889 bits per heavy atom. The fourth-order valence-electron chi connectivity index (χ4n) is 1.98. The summed E-state index contributed by atoms with van der Waals surface area (Å²) in [6.07, 6.45) is 0.702. The molecule has 2 unspecified atom stereocenters. The van der Waals surface area contributed by atoms with Crippen LogP contribution in [0.25, 0.3) is 0 Å². The maximum absolute atomic E-state index is 10.6. The van der Waals surface area contributed by atoms with E-state index in [1.165, 1.54) is 13.8 Å². The van der Waals surface area contributed by atoms with Gasteiger partial charge in [0, 0.05) is 32.0 Å². The summed E-state index contributed by atoms with van der Waals surface area (Å²) in [6, 6.07) is 0. The highest BCUT2D eigenvalue weighted by atomic mass is 16.7. The third kappa shape index (κ3) is 15.8. The summed E-state index contributed by atoms with van der Waals surface area (Å²) in [5.74, 6) is 0. The Morgan fingerprint density at radius 3 is 1.97 bits per heavy atom. The van der Waals surface area contributed by atoms with Crippen molar-refractivity contribution in [3.63, 3.8) is 0 Å². The molecule has 1 aliphatic heterocycles. The highest BCUT2D eigenvalue weighted by Crippen LogP contribution is 2.12. The van der Waals surface area contributed by atoms with Crippen LogP contribution >= 0.6 is 0 Å². The van der Waals surface area contributed by atoms with Crippen LogP contribution in [-0.2, 0) is 28.4 Å². The zero-order valence-corrected chi connectivity index (χ0v) is 20.8. The summed E-state index contributed by atoms with van der Waals surface area (Å²) < 4.78 is 29.7. The van der Waals surface area contributed by atoms with Gasteiger partial charge >= 0.3 is 5.66 Å². The van der Waals surface area contributed by atoms with Gasteiger partial charge in [0.05, 0.1) is 33.4 Å². The molecule has 2 atom stereocenters. The fraction of sp³-hybridized carbons (Fsp3) is 1.00. The van der Waals surface area contributed by atoms with Crippen LogP contribution in [0.1, 0.15) is 33.6 Å². The van der Waals surface area contributed by atoms with Gasteiger partial charge in [-0.3, -0.25) is 30.3 Å². The smallest absolute Gasteiger partial charge is 0.396 e. The predicted octanol–water partition coefficient (Wildman–Crippen LogP) is -0.172. The van der Waals surface area contributed by atoms with Gasteiger partial charge in [-0.2, -0.15) is 0 Å². The van der Waals surface area contributed by atoms with Crippen LogP contribution in [-0.4, -0.2) is 115 Å². The SMILES string of the molecule is CC(C)(COCOCC(O)COCCCCO)[N+](=O)[O-].CC(COCOCC1CO1)([N+](=O)[O-])[N+](=O)[O-]. The van der Waals surface area contributed by atoms with E-state index in [9.17, 15) is 35.4 Å². The second-order valence-electron chi connectivity index (χ2n) is 8.59. The van der Waals surface area contributed by atoms with Gasteiger partial charge in [-0.25, -0.2) is 0 Å². The molecule has 0 aromatic rings. The number of rotatable bonds is 21. The van der Waals surface area contributed by atoms with Crippen molar-refractivity contribution in [1.29, 1.82) is 0 Å². The molecule has 0 aliphatic carbocycles. The third-order valence-electron chi connectivity index (χ3n) is 4.47. The van der Waals surface area contributed by atoms with Crippen molar-refractivity contribution in [3.8, 4) is 0 Å². The first-order valence-electron chi connectivity index (χ1n) is 11.1. The normalized spacial score (nSPS) is 16.1. The molecule has 1 aliphatic rings. The number of epoxide rings is 1. The van der Waals surface area contributed by atoms with E-state index >= 15 is 0 Å². The van der Waals surface area contributed by atoms with Crippen LogP contribution in [0.2, 0.25) is 0 Å². The fourth-order valence-corrected chi connectivity index (χ4v) is 1.98. The second kappa shape index (κ2) is 18.2. The van der Waals surface area contributed by atoms with E-state index in [0.29, 0.717) is 26.2 Å². The lowest BCUT2D eigenvalue weighted by Gasteiger charge is -2.16. The highest BCUT2D eigenvalue weighted by Gasteiger charge is 2.51. The number of nitro groups is 3. The van der Waals surface area contributed by atoms with Gasteiger partial charge < -0.3 is 38.6 Å². The summed E-state index contributed by atoms with van der Waals surface area (Å²) >= 11 is 0. The van der Waals surface area contributed by atoms with E-state index in [2.05, 4.69) is 0 Å². The molecule has 0 bridgehead atoms. The molecule has 1 rings (SSSR count). The maximum Gasteiger partial charge on any atom is 0.478 e. The molecule has 2 N–H and O–H groups in total. The topological polar surface area (TPSA) is 229 Å². The molecule has 36 heavy (non-hydrogen) atoms. The van der Waals surface area contributed by atoms with Gasteiger partial charge in [0.15, 0.2) is 6.61 Å². The average Bonchev–Trinajstić information content (AvgIpc) is 3.62. The summed E-state index contributed by atoms with van der Waals surface area (Å²) in [7, 11) is 0. The zero-order valence-electron chi connectivity index (χ0n) is 20.8. The van der Waals surface area contributed by atoms with Gasteiger partial charge in [0.2, 0.25) is 5.54 Å². The van der Waals surface area contributed by atoms with Gasteiger partial charge in [0.25, 0.3) is 0 Å². The summed E-state index contributed by atoms with van der Waals surface area (Å²) in [5, 5.41) is 49.6. The van der Waals surface area contributed by atoms with Crippen molar-refractivity contribution in [2.45, 2.75) is 57.0 Å². The number of aliphatic hydroxyl groups excluding tert-OH is 2. The van der Waals surface area contributed by atoms with E-state index in [4.69, 9.17) is 33.5 Å². The van der Waals surface area contributed by atoms with Crippen molar-refractivity contribution in [3.05, 3.63) is 30.3 Å². The molecule has 0 saturated carbocycles. The average molecular weight is 532 g/mol. The van der Waals surface area contributed by atoms with E-state index in [1.807, 2.05) is 0 Å². The number of aliphatic hydroxyl groups is 2. The zero-order chi connectivity index (χ0) is 27.6. The Bertz CT molecular complexity index is 633. The Morgan fingerprint density at radius 2 is 1.44 bits per heavy atom. The van der Waals surface area contributed by atoms with Crippen molar-refractivity contribution in [1.82, 2.24) is 0 Å². The van der Waals surface area contributed by atoms with Gasteiger partial charge in [-0.15, -0.1) is 0 Å². The molecular formula is C19H37N3O14. The van der Waals surface area contributed by atoms with Crippen LogP contribution in [0, 0.1) is 30.3 Å². The second-order valence-corrected chi connectivity index (χ2v) is 8.59. The number of hydrogen-bond donors (Lipinski definition) is 2. The number of hydrogen-bond acceptors (Lipinski definition) is 14. The molecule has 0 aromatic heterocycles. The van der Waals surface area contributed by atoms with Crippen molar-refractivity contribution in [2.75, 3.05) is 66.4 Å². The molecule has 17 heteroatoms. The van der Waals surface area contributed by atoms with Crippen LogP contribution in [0.15, 0.2) is 0 Å². The minimum absolute atomic E-state index is 0.0406. The van der Waals surface area contributed by atoms with Gasteiger partial charge in [-0.1, -0.05) is 0 Å². The lowest BCUT2D eigenvalue weighted by molar-refractivity contribution is -0.794. The Kier molecular flexibility index (Phi) is 17.1. The molecule has 1 fully saturated rings. The van der Waals surface area contributed by atoms with E-state index in [1.54, 1.807) is 0 Å². The molecule has 17 nitrogen and oxygen atoms in total. The lowest BCUT2D eigenvalue weighted by Crippen LogP contribution is -2.47. The number of unbranched alkanes of at least 4 members (excludes halogenated alkanes) is 1. The van der Waals surface area contributed by atoms with Crippen LogP contribution in [0.4, 0.5) is 0 Å². The summed E-state index contributed by atoms with van der Waals surface area (Å²) in [4.78, 5) is 29.1. The molecule has 0 radical (unpaired) electrons. The Hall–Kier alpha value is -2.12. The van der Waals surface area contributed by atoms with E-state index in [-0.39, 0.29) is 46.1 Å². The molecule has 1 saturated heterocycles. The highest BCUT2D eigenvalue weighted by molar-refractivity contribution is 4.67. The Balaban J connectivity index is 0.000000696.